The van der Waals surface area contributed by atoms with E-state index in [2.05, 4.69) is 10.1 Å². The van der Waals surface area contributed by atoms with Crippen LogP contribution in [0.25, 0.3) is 0 Å². The van der Waals surface area contributed by atoms with Crippen LogP contribution in [0.4, 0.5) is 18.9 Å². The van der Waals surface area contributed by atoms with Crippen molar-refractivity contribution in [2.45, 2.75) is 6.61 Å². The van der Waals surface area contributed by atoms with Crippen LogP contribution >= 0.6 is 0 Å². The lowest BCUT2D eigenvalue weighted by Gasteiger charge is -2.12. The molecule has 0 aliphatic rings. The molecule has 0 aromatic heterocycles. The predicted molar refractivity (Wildman–Crippen MR) is 84.6 cm³/mol. The minimum Gasteiger partial charge on any atom is -0.482 e. The molecule has 0 heterocycles. The second-order valence-corrected chi connectivity index (χ2v) is 4.83. The van der Waals surface area contributed by atoms with Crippen molar-refractivity contribution in [1.29, 1.82) is 0 Å². The van der Waals surface area contributed by atoms with Gasteiger partial charge in [0.2, 0.25) is 0 Å². The summed E-state index contributed by atoms with van der Waals surface area (Å²) in [6, 6.07) is 10.6. The van der Waals surface area contributed by atoms with Crippen LogP contribution in [0.1, 0.15) is 0 Å². The minimum absolute atomic E-state index is 0.0106. The molecular weight excluding hydrogens is 355 g/mol. The molecule has 0 aliphatic carbocycles. The Labute approximate surface area is 146 Å². The molecule has 6 nitrogen and oxygen atoms in total. The number of esters is 1. The molecule has 9 heteroatoms. The molecule has 2 rings (SSSR count). The van der Waals surface area contributed by atoms with Gasteiger partial charge in [0.25, 0.3) is 5.91 Å². The lowest BCUT2D eigenvalue weighted by molar-refractivity contribution is -0.149. The third-order valence-electron chi connectivity index (χ3n) is 2.91. The molecule has 1 N–H and O–H groups in total. The number of anilines is 1. The van der Waals surface area contributed by atoms with E-state index in [1.807, 2.05) is 0 Å². The largest absolute Gasteiger partial charge is 0.482 e. The Bertz CT molecular complexity index is 752. The number of benzene rings is 2. The third kappa shape index (κ3) is 6.34. The maximum atomic E-state index is 12.7. The fourth-order valence-corrected chi connectivity index (χ4v) is 1.82. The number of carbonyl (C=O) groups excluding carboxylic acids is 2. The van der Waals surface area contributed by atoms with E-state index in [0.717, 1.165) is 12.1 Å². The van der Waals surface area contributed by atoms with Crippen molar-refractivity contribution < 1.29 is 37.0 Å². The number of carbonyl (C=O) groups is 2. The average Bonchev–Trinajstić information content (AvgIpc) is 2.61. The predicted octanol–water partition coefficient (Wildman–Crippen LogP) is 2.99. The van der Waals surface area contributed by atoms with Gasteiger partial charge in [-0.15, -0.1) is 0 Å². The fraction of sp³-hybridized carbons (Fsp3) is 0.176. The lowest BCUT2D eigenvalue weighted by Crippen LogP contribution is -2.24. The molecule has 0 aliphatic heterocycles. The number of para-hydroxylation sites is 2. The number of hydrogen-bond donors (Lipinski definition) is 1. The summed E-state index contributed by atoms with van der Waals surface area (Å²) >= 11 is 0. The smallest absolute Gasteiger partial charge is 0.387 e. The molecule has 1 amide bonds. The normalized spacial score (nSPS) is 10.3. The van der Waals surface area contributed by atoms with Crippen LogP contribution in [0, 0.1) is 5.82 Å². The van der Waals surface area contributed by atoms with E-state index < -0.39 is 37.5 Å². The van der Waals surface area contributed by atoms with Gasteiger partial charge in [-0.3, -0.25) is 4.79 Å². The lowest BCUT2D eigenvalue weighted by atomic mass is 10.3. The van der Waals surface area contributed by atoms with Crippen LogP contribution in [-0.2, 0) is 14.3 Å². The van der Waals surface area contributed by atoms with Gasteiger partial charge in [-0.2, -0.15) is 8.78 Å². The first-order chi connectivity index (χ1) is 12.4. The summed E-state index contributed by atoms with van der Waals surface area (Å²) in [5.74, 6) is -1.99. The summed E-state index contributed by atoms with van der Waals surface area (Å²) < 4.78 is 51.4. The molecule has 0 spiro atoms. The van der Waals surface area contributed by atoms with E-state index >= 15 is 0 Å². The number of halogens is 3. The Hall–Kier alpha value is -3.23. The van der Waals surface area contributed by atoms with Crippen LogP contribution in [0.15, 0.2) is 48.5 Å². The van der Waals surface area contributed by atoms with Gasteiger partial charge in [0.05, 0.1) is 5.69 Å². The molecule has 0 saturated carbocycles. The van der Waals surface area contributed by atoms with Crippen molar-refractivity contribution in [2.75, 3.05) is 18.5 Å². The van der Waals surface area contributed by atoms with Gasteiger partial charge in [-0.05, 0) is 36.4 Å². The summed E-state index contributed by atoms with van der Waals surface area (Å²) in [5, 5.41) is 2.29. The number of hydrogen-bond acceptors (Lipinski definition) is 5. The van der Waals surface area contributed by atoms with Crippen molar-refractivity contribution in [3.63, 3.8) is 0 Å². The van der Waals surface area contributed by atoms with Gasteiger partial charge in [0.1, 0.15) is 17.3 Å². The maximum absolute atomic E-state index is 12.7. The summed E-state index contributed by atoms with van der Waals surface area (Å²) in [6.45, 7) is -4.17. The van der Waals surface area contributed by atoms with Crippen molar-refractivity contribution >= 4 is 17.6 Å². The zero-order valence-corrected chi connectivity index (χ0v) is 13.3. The van der Waals surface area contributed by atoms with E-state index in [4.69, 9.17) is 9.47 Å². The Morgan fingerprint density at radius 1 is 1.00 bits per heavy atom. The highest BCUT2D eigenvalue weighted by Crippen LogP contribution is 2.25. The third-order valence-corrected chi connectivity index (χ3v) is 2.91. The zero-order chi connectivity index (χ0) is 18.9. The monoisotopic (exact) mass is 369 g/mol. The second-order valence-electron chi connectivity index (χ2n) is 4.83. The highest BCUT2D eigenvalue weighted by atomic mass is 19.3. The molecule has 2 aromatic rings. The molecule has 0 radical (unpaired) electrons. The standard InChI is InChI=1S/C17H14F3NO5/c18-11-5-7-12(8-6-11)24-10-16(23)25-9-15(22)21-13-3-1-2-4-14(13)26-17(19)20/h1-8,17H,9-10H2,(H,21,22). The van der Waals surface area contributed by atoms with Gasteiger partial charge in [0, 0.05) is 0 Å². The molecule has 0 atom stereocenters. The average molecular weight is 369 g/mol. The Balaban J connectivity index is 1.78. The first-order valence-corrected chi connectivity index (χ1v) is 7.31. The van der Waals surface area contributed by atoms with Gasteiger partial charge < -0.3 is 19.5 Å². The maximum Gasteiger partial charge on any atom is 0.387 e. The van der Waals surface area contributed by atoms with Gasteiger partial charge in [0.15, 0.2) is 13.2 Å². The highest BCUT2D eigenvalue weighted by Gasteiger charge is 2.13. The van der Waals surface area contributed by atoms with Crippen LogP contribution in [0.2, 0.25) is 0 Å². The molecule has 2 aromatic carbocycles. The Morgan fingerprint density at radius 3 is 2.38 bits per heavy atom. The topological polar surface area (TPSA) is 73.9 Å². The summed E-state index contributed by atoms with van der Waals surface area (Å²) in [4.78, 5) is 23.3. The molecule has 0 unspecified atom stereocenters. The van der Waals surface area contributed by atoms with Gasteiger partial charge >= 0.3 is 12.6 Å². The summed E-state index contributed by atoms with van der Waals surface area (Å²) in [6.07, 6.45) is 0. The van der Waals surface area contributed by atoms with Crippen molar-refractivity contribution in [3.8, 4) is 11.5 Å². The van der Waals surface area contributed by atoms with Crippen molar-refractivity contribution in [3.05, 3.63) is 54.3 Å². The Morgan fingerprint density at radius 2 is 1.69 bits per heavy atom. The summed E-state index contributed by atoms with van der Waals surface area (Å²) in [5.41, 5.74) is 0.0106. The summed E-state index contributed by atoms with van der Waals surface area (Å²) in [7, 11) is 0. The van der Waals surface area contributed by atoms with Crippen molar-refractivity contribution in [2.24, 2.45) is 0 Å². The van der Waals surface area contributed by atoms with Crippen LogP contribution in [0.3, 0.4) is 0 Å². The van der Waals surface area contributed by atoms with E-state index in [0.29, 0.717) is 0 Å². The van der Waals surface area contributed by atoms with E-state index in [1.54, 1.807) is 0 Å². The SMILES string of the molecule is O=C(COC(=O)COc1ccc(F)cc1)Nc1ccccc1OC(F)F. The first kappa shape index (κ1) is 19.1. The second kappa shape index (κ2) is 9.30. The number of nitrogens with one attached hydrogen (secondary N) is 1. The minimum atomic E-state index is -3.05. The molecule has 0 fully saturated rings. The fourth-order valence-electron chi connectivity index (χ4n) is 1.82. The van der Waals surface area contributed by atoms with Crippen molar-refractivity contribution in [1.82, 2.24) is 0 Å². The number of alkyl halides is 2. The van der Waals surface area contributed by atoms with Gasteiger partial charge in [-0.25, -0.2) is 9.18 Å². The zero-order valence-electron chi connectivity index (χ0n) is 13.3. The quantitative estimate of drug-likeness (QED) is 0.724. The van der Waals surface area contributed by atoms with Gasteiger partial charge in [-0.1, -0.05) is 12.1 Å². The van der Waals surface area contributed by atoms with Crippen LogP contribution in [0.5, 0.6) is 11.5 Å². The number of rotatable bonds is 8. The van der Waals surface area contributed by atoms with E-state index in [-0.39, 0.29) is 17.2 Å². The number of ether oxygens (including phenoxy) is 3. The highest BCUT2D eigenvalue weighted by molar-refractivity contribution is 5.94. The van der Waals surface area contributed by atoms with E-state index in [9.17, 15) is 22.8 Å². The molecule has 0 saturated heterocycles. The molecule has 138 valence electrons. The van der Waals surface area contributed by atoms with Crippen LogP contribution in [-0.4, -0.2) is 31.7 Å². The Kier molecular flexibility index (Phi) is 6.84. The van der Waals surface area contributed by atoms with Crippen LogP contribution < -0.4 is 14.8 Å². The molecular formula is C17H14F3NO5. The first-order valence-electron chi connectivity index (χ1n) is 7.31. The number of amides is 1. The molecule has 26 heavy (non-hydrogen) atoms. The van der Waals surface area contributed by atoms with E-state index in [1.165, 1.54) is 36.4 Å². The molecule has 0 bridgehead atoms.